The van der Waals surface area contributed by atoms with Gasteiger partial charge < -0.3 is 15.2 Å². The average Bonchev–Trinajstić information content (AvgIpc) is 3.57. The molecule has 0 aromatic carbocycles. The molecule has 0 bridgehead atoms. The third-order valence-corrected chi connectivity index (χ3v) is 9.40. The fourth-order valence-corrected chi connectivity index (χ4v) is 6.71. The Bertz CT molecular complexity index is 1510. The minimum Gasteiger partial charge on any atom is -0.494 e. The Labute approximate surface area is 264 Å². The van der Waals surface area contributed by atoms with Crippen LogP contribution in [-0.2, 0) is 4.79 Å². The van der Waals surface area contributed by atoms with E-state index in [1.165, 1.54) is 0 Å². The number of amides is 2. The predicted octanol–water partition coefficient (Wildman–Crippen LogP) is 6.18. The molecule has 2 saturated carbocycles. The summed E-state index contributed by atoms with van der Waals surface area (Å²) in [4.78, 5) is 36.4. The molecule has 0 atom stereocenters. The van der Waals surface area contributed by atoms with Gasteiger partial charge in [-0.2, -0.15) is 10.4 Å². The van der Waals surface area contributed by atoms with Gasteiger partial charge in [0.2, 0.25) is 5.91 Å². The normalized spacial score (nSPS) is 21.6. The van der Waals surface area contributed by atoms with Crippen LogP contribution in [0.15, 0.2) is 42.9 Å². The number of ether oxygens (including phenoxy) is 1. The molecule has 11 nitrogen and oxygen atoms in total. The minimum absolute atomic E-state index is 0.0970. The van der Waals surface area contributed by atoms with Crippen molar-refractivity contribution in [3.05, 3.63) is 54.2 Å². The SMILES string of the molecule is COc1ccc([C@H]2CC[C@H](CN(c3cc(-c4cnn(C(C)C)c4)ccn3)C(=O)[C@H]3CC[C@H](CNC(=O)O)CC3)CC2)nc1C#N. The van der Waals surface area contributed by atoms with Crippen LogP contribution in [0.5, 0.6) is 5.75 Å². The van der Waals surface area contributed by atoms with Crippen molar-refractivity contribution in [2.24, 2.45) is 17.8 Å². The highest BCUT2D eigenvalue weighted by molar-refractivity contribution is 5.94. The van der Waals surface area contributed by atoms with Gasteiger partial charge in [0, 0.05) is 54.6 Å². The lowest BCUT2D eigenvalue weighted by atomic mass is 9.79. The van der Waals surface area contributed by atoms with Gasteiger partial charge in [-0.3, -0.25) is 14.4 Å². The Kier molecular flexibility index (Phi) is 10.3. The number of hydrogen-bond acceptors (Lipinski definition) is 7. The van der Waals surface area contributed by atoms with Crippen molar-refractivity contribution in [3.8, 4) is 22.9 Å². The molecule has 0 spiro atoms. The molecule has 0 saturated heterocycles. The smallest absolute Gasteiger partial charge is 0.404 e. The zero-order valence-electron chi connectivity index (χ0n) is 26.4. The molecule has 5 rings (SSSR count). The molecule has 238 valence electrons. The molecule has 2 N–H and O–H groups in total. The van der Waals surface area contributed by atoms with Crippen LogP contribution in [0, 0.1) is 29.1 Å². The van der Waals surface area contributed by atoms with Crippen molar-refractivity contribution in [1.29, 1.82) is 5.26 Å². The zero-order valence-corrected chi connectivity index (χ0v) is 26.4. The van der Waals surface area contributed by atoms with Crippen LogP contribution in [0.3, 0.4) is 0 Å². The fourth-order valence-electron chi connectivity index (χ4n) is 6.71. The van der Waals surface area contributed by atoms with Crippen LogP contribution < -0.4 is 15.0 Å². The summed E-state index contributed by atoms with van der Waals surface area (Å²) in [7, 11) is 1.54. The van der Waals surface area contributed by atoms with Gasteiger partial charge in [0.15, 0.2) is 11.4 Å². The summed E-state index contributed by atoms with van der Waals surface area (Å²) in [5.74, 6) is 1.94. The van der Waals surface area contributed by atoms with Crippen LogP contribution in [0.25, 0.3) is 11.1 Å². The van der Waals surface area contributed by atoms with E-state index in [1.807, 2.05) is 46.2 Å². The molecule has 2 aliphatic carbocycles. The maximum atomic E-state index is 14.2. The summed E-state index contributed by atoms with van der Waals surface area (Å²) < 4.78 is 7.19. The standard InChI is InChI=1S/C34H43N7O4/c1-22(2)41-21-28(19-38-41)27-14-15-36-32(16-27)40(33(42)26-10-4-23(5-11-26)18-37-34(43)44)20-24-6-8-25(9-7-24)29-12-13-31(45-3)30(17-35)39-29/h12-16,19,21-26,37H,4-11,18,20H2,1-3H3,(H,43,44)/t23-,24-,25-,26-. The van der Waals surface area contributed by atoms with Crippen molar-refractivity contribution >= 4 is 17.8 Å². The van der Waals surface area contributed by atoms with Gasteiger partial charge in [-0.05, 0) is 107 Å². The molecule has 0 aliphatic heterocycles. The molecule has 3 aromatic heterocycles. The van der Waals surface area contributed by atoms with Crippen LogP contribution in [0.4, 0.5) is 10.6 Å². The summed E-state index contributed by atoms with van der Waals surface area (Å²) in [6, 6.07) is 10.1. The lowest BCUT2D eigenvalue weighted by Crippen LogP contribution is -2.42. The molecule has 0 radical (unpaired) electrons. The van der Waals surface area contributed by atoms with Gasteiger partial charge in [-0.1, -0.05) is 0 Å². The third-order valence-electron chi connectivity index (χ3n) is 9.40. The second-order valence-electron chi connectivity index (χ2n) is 12.7. The van der Waals surface area contributed by atoms with Crippen LogP contribution in [-0.4, -0.2) is 57.1 Å². The molecule has 2 aliphatic rings. The van der Waals surface area contributed by atoms with E-state index >= 15 is 0 Å². The van der Waals surface area contributed by atoms with Crippen LogP contribution in [0.1, 0.15) is 88.6 Å². The first-order chi connectivity index (χ1) is 21.7. The predicted molar refractivity (Wildman–Crippen MR) is 170 cm³/mol. The van der Waals surface area contributed by atoms with Gasteiger partial charge >= 0.3 is 6.09 Å². The molecular formula is C34H43N7O4. The Morgan fingerprint density at radius 3 is 2.47 bits per heavy atom. The Hall–Kier alpha value is -4.46. The molecule has 45 heavy (non-hydrogen) atoms. The van der Waals surface area contributed by atoms with Gasteiger partial charge in [-0.25, -0.2) is 14.8 Å². The van der Waals surface area contributed by atoms with E-state index in [0.717, 1.165) is 68.2 Å². The second kappa shape index (κ2) is 14.5. The molecule has 2 fully saturated rings. The van der Waals surface area contributed by atoms with Gasteiger partial charge in [0.05, 0.1) is 13.3 Å². The minimum atomic E-state index is -1.01. The first kappa shape index (κ1) is 31.9. The largest absolute Gasteiger partial charge is 0.494 e. The number of aromatic nitrogens is 4. The van der Waals surface area contributed by atoms with E-state index in [-0.39, 0.29) is 29.7 Å². The molecule has 3 aromatic rings. The van der Waals surface area contributed by atoms with Crippen molar-refractivity contribution in [3.63, 3.8) is 0 Å². The zero-order chi connectivity index (χ0) is 31.9. The number of pyridine rings is 2. The second-order valence-corrected chi connectivity index (χ2v) is 12.7. The number of carboxylic acid groups (broad SMARTS) is 1. The van der Waals surface area contributed by atoms with E-state index < -0.39 is 6.09 Å². The van der Waals surface area contributed by atoms with E-state index in [1.54, 1.807) is 13.3 Å². The third kappa shape index (κ3) is 7.80. The monoisotopic (exact) mass is 613 g/mol. The summed E-state index contributed by atoms with van der Waals surface area (Å²) in [6.45, 7) is 5.19. The number of carbonyl (C=O) groups is 2. The number of methoxy groups -OCH3 is 1. The lowest BCUT2D eigenvalue weighted by Gasteiger charge is -2.35. The van der Waals surface area contributed by atoms with Crippen molar-refractivity contribution in [1.82, 2.24) is 25.1 Å². The summed E-state index contributed by atoms with van der Waals surface area (Å²) in [5, 5.41) is 25.5. The van der Waals surface area contributed by atoms with E-state index in [9.17, 15) is 14.9 Å². The molecular weight excluding hydrogens is 570 g/mol. The molecule has 11 heteroatoms. The number of rotatable bonds is 10. The van der Waals surface area contributed by atoms with E-state index in [2.05, 4.69) is 35.3 Å². The van der Waals surface area contributed by atoms with E-state index in [4.69, 9.17) is 14.8 Å². The van der Waals surface area contributed by atoms with Crippen molar-refractivity contribution < 1.29 is 19.4 Å². The highest BCUT2D eigenvalue weighted by Crippen LogP contribution is 2.38. The van der Waals surface area contributed by atoms with Gasteiger partial charge in [0.1, 0.15) is 11.9 Å². The number of nitrogens with zero attached hydrogens (tertiary/aromatic N) is 6. The first-order valence-electron chi connectivity index (χ1n) is 16.0. The number of hydrogen-bond donors (Lipinski definition) is 2. The number of anilines is 1. The first-order valence-corrected chi connectivity index (χ1v) is 16.0. The number of carbonyl (C=O) groups excluding carboxylic acids is 1. The summed E-state index contributed by atoms with van der Waals surface area (Å²) >= 11 is 0. The van der Waals surface area contributed by atoms with Gasteiger partial charge in [-0.15, -0.1) is 0 Å². The van der Waals surface area contributed by atoms with Gasteiger partial charge in [0.25, 0.3) is 0 Å². The molecule has 3 heterocycles. The van der Waals surface area contributed by atoms with E-state index in [0.29, 0.717) is 36.3 Å². The molecule has 0 unspecified atom stereocenters. The Morgan fingerprint density at radius 2 is 1.82 bits per heavy atom. The maximum absolute atomic E-state index is 14.2. The highest BCUT2D eigenvalue weighted by atomic mass is 16.5. The fraction of sp³-hybridized carbons (Fsp3) is 0.529. The molecule has 2 amide bonds. The topological polar surface area (TPSA) is 146 Å². The Morgan fingerprint density at radius 1 is 1.09 bits per heavy atom. The van der Waals surface area contributed by atoms with Crippen LogP contribution in [0.2, 0.25) is 0 Å². The average molecular weight is 614 g/mol. The maximum Gasteiger partial charge on any atom is 0.404 e. The van der Waals surface area contributed by atoms with Crippen LogP contribution >= 0.6 is 0 Å². The Balaban J connectivity index is 1.32. The highest BCUT2D eigenvalue weighted by Gasteiger charge is 2.33. The summed E-state index contributed by atoms with van der Waals surface area (Å²) in [6.07, 6.45) is 11.5. The van der Waals surface area contributed by atoms with Crippen molar-refractivity contribution in [2.75, 3.05) is 25.1 Å². The lowest BCUT2D eigenvalue weighted by molar-refractivity contribution is -0.123. The summed E-state index contributed by atoms with van der Waals surface area (Å²) in [5.41, 5.74) is 3.18. The van der Waals surface area contributed by atoms with Crippen molar-refractivity contribution in [2.45, 2.75) is 77.2 Å². The number of nitrogens with one attached hydrogen (secondary N) is 1. The number of nitriles is 1. The quantitative estimate of drug-likeness (QED) is 0.276.